The summed E-state index contributed by atoms with van der Waals surface area (Å²) in [6.07, 6.45) is 10.5. The summed E-state index contributed by atoms with van der Waals surface area (Å²) >= 11 is 0. The molecule has 5 unspecified atom stereocenters. The Labute approximate surface area is 349 Å². The summed E-state index contributed by atoms with van der Waals surface area (Å²) in [6.45, 7) is 14.6. The van der Waals surface area contributed by atoms with Gasteiger partial charge < -0.3 is 29.2 Å². The van der Waals surface area contributed by atoms with E-state index in [1.54, 1.807) is 16.7 Å². The Kier molecular flexibility index (Phi) is 9.26. The lowest BCUT2D eigenvalue weighted by atomic mass is 9.69. The number of benzene rings is 3. The number of H-pyrrole nitrogens is 1. The van der Waals surface area contributed by atoms with Crippen LogP contribution in [0.15, 0.2) is 54.7 Å². The number of nitrogens with zero attached hydrogens (tertiary/aromatic N) is 2. The molecular weight excluding hydrogens is 735 g/mol. The summed E-state index contributed by atoms with van der Waals surface area (Å²) in [5.74, 6) is 2.99. The van der Waals surface area contributed by atoms with Crippen LogP contribution in [0.4, 0.5) is 4.79 Å². The quantitative estimate of drug-likeness (QED) is 0.172. The summed E-state index contributed by atoms with van der Waals surface area (Å²) in [7, 11) is 0.992. The van der Waals surface area contributed by atoms with E-state index in [0.717, 1.165) is 29.9 Å². The molecule has 1 aromatic heterocycles. The molecule has 2 N–H and O–H groups in total. The largest absolute Gasteiger partial charge is 0.495 e. The fourth-order valence-electron chi connectivity index (χ4n) is 11.9. The number of methoxy groups -OCH3 is 1. The van der Waals surface area contributed by atoms with Crippen molar-refractivity contribution in [2.24, 2.45) is 5.92 Å². The van der Waals surface area contributed by atoms with E-state index < -0.39 is 12.1 Å². The van der Waals surface area contributed by atoms with Crippen molar-refractivity contribution in [3.8, 4) is 33.5 Å². The molecule has 2 saturated carbocycles. The molecule has 0 radical (unpaired) electrons. The third-order valence-corrected chi connectivity index (χ3v) is 15.6. The van der Waals surface area contributed by atoms with E-state index in [1.165, 1.54) is 78.9 Å². The van der Waals surface area contributed by atoms with Crippen LogP contribution in [0.25, 0.3) is 33.5 Å². The minimum atomic E-state index is -0.679. The zero-order chi connectivity index (χ0) is 41.1. The average molecular weight is 795 g/mol. The van der Waals surface area contributed by atoms with Crippen LogP contribution in [0, 0.1) is 5.92 Å². The summed E-state index contributed by atoms with van der Waals surface area (Å²) in [5.41, 5.74) is 14.3. The minimum Gasteiger partial charge on any atom is -0.453 e. The van der Waals surface area contributed by atoms with Crippen LogP contribution in [-0.2, 0) is 18.8 Å². The molecule has 4 aliphatic carbocycles. The van der Waals surface area contributed by atoms with Crippen molar-refractivity contribution in [3.63, 3.8) is 0 Å². The molecule has 0 spiro atoms. The van der Waals surface area contributed by atoms with Crippen molar-refractivity contribution in [2.75, 3.05) is 7.11 Å². The van der Waals surface area contributed by atoms with Gasteiger partial charge in [0.05, 0.1) is 36.2 Å². The molecule has 4 bridgehead atoms. The standard InChI is InChI=1S/C49H59BN4O5/c1-26(2)44(53-47(56)57-8)46(55)54-27(3)9-22-39(54)45-51-25-38(52-45)29-12-10-28(11-13-29)34-18-19-35(41-31-15-14-30(23-31)40(34)41)36-20-21-37(43-33-17-16-32(24-33)42(36)43)50-58-48(4,5)49(6,7)59-50/h10-13,18-21,25-27,30-33,39,44H,9,14-17,22-24H2,1-8H3,(H,51,52)(H,53,56)/t27?,30?,31?,32?,33?,39-,44-/m0/s1. The van der Waals surface area contributed by atoms with Gasteiger partial charge in [-0.1, -0.05) is 62.4 Å². The van der Waals surface area contributed by atoms with E-state index in [0.29, 0.717) is 23.7 Å². The van der Waals surface area contributed by atoms with Gasteiger partial charge in [-0.2, -0.15) is 0 Å². The van der Waals surface area contributed by atoms with Crippen LogP contribution >= 0.6 is 0 Å². The molecule has 10 heteroatoms. The van der Waals surface area contributed by atoms with Gasteiger partial charge in [0.2, 0.25) is 5.91 Å². The first-order valence-electron chi connectivity index (χ1n) is 22.3. The van der Waals surface area contributed by atoms with Gasteiger partial charge >= 0.3 is 13.2 Å². The van der Waals surface area contributed by atoms with Crippen molar-refractivity contribution in [3.05, 3.63) is 82.8 Å². The Hall–Kier alpha value is -4.41. The Morgan fingerprint density at radius 1 is 0.780 bits per heavy atom. The zero-order valence-corrected chi connectivity index (χ0v) is 36.0. The molecule has 9 nitrogen and oxygen atoms in total. The van der Waals surface area contributed by atoms with Crippen molar-refractivity contribution in [2.45, 2.75) is 153 Å². The lowest BCUT2D eigenvalue weighted by molar-refractivity contribution is -0.137. The summed E-state index contributed by atoms with van der Waals surface area (Å²) in [4.78, 5) is 36.3. The minimum absolute atomic E-state index is 0.0289. The maximum atomic E-state index is 13.9. The predicted molar refractivity (Wildman–Crippen MR) is 232 cm³/mol. The third kappa shape index (κ3) is 6.13. The van der Waals surface area contributed by atoms with Crippen LogP contribution < -0.4 is 10.8 Å². The zero-order valence-electron chi connectivity index (χ0n) is 36.0. The fraction of sp³-hybridized carbons (Fsp3) is 0.531. The normalized spacial score (nSPS) is 27.4. The second kappa shape index (κ2) is 14.1. The topological polar surface area (TPSA) is 106 Å². The van der Waals surface area contributed by atoms with Crippen molar-refractivity contribution >= 4 is 24.6 Å². The molecular formula is C49H59BN4O5. The number of likely N-dealkylation sites (tertiary alicyclic amines) is 1. The number of aromatic amines is 1. The summed E-state index contributed by atoms with van der Waals surface area (Å²) < 4.78 is 18.1. The van der Waals surface area contributed by atoms with E-state index in [-0.39, 0.29) is 42.2 Å². The number of hydrogen-bond donors (Lipinski definition) is 2. The molecule has 2 saturated heterocycles. The third-order valence-electron chi connectivity index (χ3n) is 15.6. The first-order chi connectivity index (χ1) is 28.2. The van der Waals surface area contributed by atoms with Gasteiger partial charge in [0, 0.05) is 6.04 Å². The number of rotatable bonds is 8. The van der Waals surface area contributed by atoms with E-state index >= 15 is 0 Å². The molecule has 308 valence electrons. The number of imidazole rings is 1. The van der Waals surface area contributed by atoms with Crippen molar-refractivity contribution < 1.29 is 23.6 Å². The molecule has 4 fully saturated rings. The highest BCUT2D eigenvalue weighted by Crippen LogP contribution is 2.61. The van der Waals surface area contributed by atoms with Crippen LogP contribution in [0.1, 0.15) is 158 Å². The first-order valence-corrected chi connectivity index (χ1v) is 22.3. The lowest BCUT2D eigenvalue weighted by Gasteiger charge is -2.32. The number of nitrogens with one attached hydrogen (secondary N) is 2. The lowest BCUT2D eigenvalue weighted by Crippen LogP contribution is -2.52. The molecule has 2 aliphatic heterocycles. The second-order valence-corrected chi connectivity index (χ2v) is 19.8. The Balaban J connectivity index is 0.946. The number of amides is 2. The number of ether oxygens (including phenoxy) is 1. The molecule has 10 rings (SSSR count). The maximum Gasteiger partial charge on any atom is 0.495 e. The summed E-state index contributed by atoms with van der Waals surface area (Å²) in [6, 6.07) is 17.7. The van der Waals surface area contributed by atoms with E-state index in [9.17, 15) is 9.59 Å². The molecule has 6 aliphatic rings. The SMILES string of the molecule is COC(=O)N[C@H](C(=O)N1C(C)CC[C@H]1c1ncc(-c2ccc(-c3ccc(-c4ccc(B5OC(C)(C)C(C)(C)O5)c5c4C4CCC5C4)c4c3C3CCC4C3)cc2)[nH]1)C(C)C. The van der Waals surface area contributed by atoms with Gasteiger partial charge in [-0.05, 0) is 171 Å². The Bertz CT molecular complexity index is 2320. The summed E-state index contributed by atoms with van der Waals surface area (Å²) in [5, 5.41) is 2.76. The van der Waals surface area contributed by atoms with E-state index in [4.69, 9.17) is 19.0 Å². The maximum absolute atomic E-state index is 13.9. The van der Waals surface area contributed by atoms with Crippen LogP contribution in [0.5, 0.6) is 0 Å². The van der Waals surface area contributed by atoms with Crippen LogP contribution in [-0.4, -0.2) is 64.4 Å². The van der Waals surface area contributed by atoms with Crippen LogP contribution in [0.3, 0.4) is 0 Å². The highest BCUT2D eigenvalue weighted by molar-refractivity contribution is 6.62. The number of alkyl carbamates (subject to hydrolysis) is 1. The predicted octanol–water partition coefficient (Wildman–Crippen LogP) is 9.87. The highest BCUT2D eigenvalue weighted by atomic mass is 16.7. The smallest absolute Gasteiger partial charge is 0.453 e. The van der Waals surface area contributed by atoms with Gasteiger partial charge in [-0.15, -0.1) is 0 Å². The fourth-order valence-corrected chi connectivity index (χ4v) is 11.9. The number of aromatic nitrogens is 2. The molecule has 59 heavy (non-hydrogen) atoms. The van der Waals surface area contributed by atoms with Crippen molar-refractivity contribution in [1.29, 1.82) is 0 Å². The highest BCUT2D eigenvalue weighted by Gasteiger charge is 2.54. The number of hydrogen-bond acceptors (Lipinski definition) is 6. The van der Waals surface area contributed by atoms with Gasteiger partial charge in [-0.3, -0.25) is 4.79 Å². The van der Waals surface area contributed by atoms with Gasteiger partial charge in [0.1, 0.15) is 11.9 Å². The van der Waals surface area contributed by atoms with Gasteiger partial charge in [0.25, 0.3) is 0 Å². The van der Waals surface area contributed by atoms with Gasteiger partial charge in [-0.25, -0.2) is 9.78 Å². The molecule has 3 heterocycles. The first kappa shape index (κ1) is 38.8. The molecule has 3 aromatic carbocycles. The average Bonchev–Trinajstić information content (AvgIpc) is 4.09. The number of carbonyl (C=O) groups is 2. The molecule has 2 amide bonds. The number of fused-ring (bicyclic) bond motifs is 10. The van der Waals surface area contributed by atoms with Gasteiger partial charge in [0.15, 0.2) is 0 Å². The Morgan fingerprint density at radius 3 is 1.93 bits per heavy atom. The molecule has 4 aromatic rings. The van der Waals surface area contributed by atoms with Crippen LogP contribution in [0.2, 0.25) is 0 Å². The Morgan fingerprint density at radius 2 is 1.32 bits per heavy atom. The van der Waals surface area contributed by atoms with E-state index in [2.05, 4.69) is 93.5 Å². The van der Waals surface area contributed by atoms with E-state index in [1.807, 2.05) is 24.9 Å². The second-order valence-electron chi connectivity index (χ2n) is 19.8. The number of carbonyl (C=O) groups excluding carboxylic acids is 2. The van der Waals surface area contributed by atoms with Crippen molar-refractivity contribution in [1.82, 2.24) is 20.2 Å². The monoisotopic (exact) mass is 794 g/mol. The molecule has 7 atom stereocenters.